The number of benzene rings is 1. The molecule has 1 aromatic heterocycles. The van der Waals surface area contributed by atoms with Crippen molar-refractivity contribution < 1.29 is 14.5 Å². The predicted molar refractivity (Wildman–Crippen MR) is 117 cm³/mol. The Hall–Kier alpha value is -3.28. The van der Waals surface area contributed by atoms with E-state index in [0.717, 1.165) is 12.1 Å². The van der Waals surface area contributed by atoms with Crippen LogP contribution in [0.15, 0.2) is 24.3 Å². The van der Waals surface area contributed by atoms with Gasteiger partial charge in [0.2, 0.25) is 22.1 Å². The van der Waals surface area contributed by atoms with Crippen molar-refractivity contribution in [3.8, 4) is 0 Å². The number of nitrogens with zero attached hydrogens (tertiary/aromatic N) is 7. The minimum absolute atomic E-state index is 0.000140. The molecule has 0 saturated carbocycles. The molecule has 11 nitrogen and oxygen atoms in total. The van der Waals surface area contributed by atoms with Gasteiger partial charge in [-0.25, -0.2) is 0 Å². The molecule has 3 heterocycles. The van der Waals surface area contributed by atoms with E-state index in [2.05, 4.69) is 15.1 Å². The highest BCUT2D eigenvalue weighted by atomic mass is 32.1. The Morgan fingerprint density at radius 2 is 1.87 bits per heavy atom. The fourth-order valence-electron chi connectivity index (χ4n) is 3.69. The Bertz CT molecular complexity index is 972. The summed E-state index contributed by atoms with van der Waals surface area (Å²) in [5.74, 6) is 0.0622. The largest absolute Gasteiger partial charge is 0.368 e. The molecule has 0 atom stereocenters. The third kappa shape index (κ3) is 4.58. The molecular weight excluding hydrogens is 422 g/mol. The normalized spacial score (nSPS) is 16.7. The van der Waals surface area contributed by atoms with Crippen LogP contribution in [0.2, 0.25) is 0 Å². The van der Waals surface area contributed by atoms with Gasteiger partial charge in [0, 0.05) is 64.0 Å². The molecule has 0 spiro atoms. The summed E-state index contributed by atoms with van der Waals surface area (Å²) < 4.78 is 0. The second kappa shape index (κ2) is 8.84. The van der Waals surface area contributed by atoms with E-state index in [1.807, 2.05) is 4.90 Å². The molecule has 0 aliphatic carbocycles. The Morgan fingerprint density at radius 3 is 2.48 bits per heavy atom. The van der Waals surface area contributed by atoms with Crippen molar-refractivity contribution in [1.82, 2.24) is 15.1 Å². The Kier molecular flexibility index (Phi) is 5.98. The van der Waals surface area contributed by atoms with Crippen LogP contribution < -0.4 is 14.7 Å². The molecule has 164 valence electrons. The zero-order valence-corrected chi connectivity index (χ0v) is 18.0. The number of anilines is 3. The summed E-state index contributed by atoms with van der Waals surface area (Å²) in [6.07, 6.45) is 1.36. The van der Waals surface area contributed by atoms with Gasteiger partial charge in [-0.1, -0.05) is 11.3 Å². The first-order valence-electron chi connectivity index (χ1n) is 10.0. The first-order chi connectivity index (χ1) is 14.9. The van der Waals surface area contributed by atoms with Crippen molar-refractivity contribution in [2.45, 2.75) is 12.8 Å². The molecule has 4 rings (SSSR count). The van der Waals surface area contributed by atoms with Gasteiger partial charge in [-0.3, -0.25) is 24.6 Å². The van der Waals surface area contributed by atoms with Gasteiger partial charge < -0.3 is 14.7 Å². The Morgan fingerprint density at radius 1 is 1.16 bits per heavy atom. The van der Waals surface area contributed by atoms with E-state index in [1.165, 1.54) is 23.5 Å². The fourth-order valence-corrected chi connectivity index (χ4v) is 4.54. The number of hydrogen-bond acceptors (Lipinski definition) is 9. The van der Waals surface area contributed by atoms with Crippen LogP contribution in [-0.2, 0) is 9.59 Å². The third-order valence-electron chi connectivity index (χ3n) is 5.47. The number of nitro groups is 1. The number of carbonyl (C=O) groups is 2. The zero-order chi connectivity index (χ0) is 22.0. The molecule has 12 heteroatoms. The number of carbonyl (C=O) groups excluding carboxylic acids is 2. The molecule has 0 N–H and O–H groups in total. The topological polar surface area (TPSA) is 116 Å². The molecule has 0 radical (unpaired) electrons. The van der Waals surface area contributed by atoms with Gasteiger partial charge in [-0.05, 0) is 18.6 Å². The van der Waals surface area contributed by atoms with Crippen molar-refractivity contribution in [3.05, 3.63) is 34.4 Å². The maximum atomic E-state index is 12.7. The summed E-state index contributed by atoms with van der Waals surface area (Å²) in [6.45, 7) is 3.32. The van der Waals surface area contributed by atoms with Crippen LogP contribution in [0.4, 0.5) is 21.6 Å². The van der Waals surface area contributed by atoms with Crippen LogP contribution in [-0.4, -0.2) is 78.2 Å². The minimum atomic E-state index is -0.416. The summed E-state index contributed by atoms with van der Waals surface area (Å²) in [5.41, 5.74) is 0.974. The summed E-state index contributed by atoms with van der Waals surface area (Å²) in [7, 11) is 1.79. The van der Waals surface area contributed by atoms with Crippen molar-refractivity contribution >= 4 is 44.8 Å². The average Bonchev–Trinajstić information content (AvgIpc) is 3.43. The molecular formula is C19H23N7O4S. The average molecular weight is 446 g/mol. The summed E-state index contributed by atoms with van der Waals surface area (Å²) in [5, 5.41) is 20.2. The van der Waals surface area contributed by atoms with Crippen LogP contribution in [0.3, 0.4) is 0 Å². The number of aromatic nitrogens is 2. The number of nitro benzene ring substituents is 1. The van der Waals surface area contributed by atoms with E-state index < -0.39 is 4.92 Å². The summed E-state index contributed by atoms with van der Waals surface area (Å²) >= 11 is 1.31. The van der Waals surface area contributed by atoms with Gasteiger partial charge in [0.1, 0.15) is 0 Å². The number of piperazine rings is 1. The van der Waals surface area contributed by atoms with Crippen molar-refractivity contribution in [1.29, 1.82) is 0 Å². The van der Waals surface area contributed by atoms with Crippen LogP contribution in [0.5, 0.6) is 0 Å². The number of amides is 2. The molecule has 2 aromatic rings. The smallest absolute Gasteiger partial charge is 0.269 e. The zero-order valence-electron chi connectivity index (χ0n) is 17.1. The van der Waals surface area contributed by atoms with E-state index in [1.54, 1.807) is 29.0 Å². The monoisotopic (exact) mass is 445 g/mol. The SMILES string of the molecule is CN(CC(=O)N1CCN(c2ccc([N+](=O)[O-])cc2)CC1)c1nnc(N2CCCC2=O)s1. The molecule has 0 bridgehead atoms. The van der Waals surface area contributed by atoms with E-state index in [0.29, 0.717) is 49.4 Å². The molecule has 2 aliphatic heterocycles. The summed E-state index contributed by atoms with van der Waals surface area (Å²) in [6, 6.07) is 6.46. The van der Waals surface area contributed by atoms with E-state index in [-0.39, 0.29) is 24.0 Å². The Balaban J connectivity index is 1.29. The standard InChI is InChI=1S/C19H23N7O4S/c1-22(18-20-21-19(31-18)25-8-2-3-16(25)27)13-17(28)24-11-9-23(10-12-24)14-4-6-15(7-5-14)26(29)30/h4-7H,2-3,8-13H2,1H3. The van der Waals surface area contributed by atoms with Gasteiger partial charge >= 0.3 is 0 Å². The third-order valence-corrected chi connectivity index (χ3v) is 6.53. The molecule has 2 fully saturated rings. The van der Waals surface area contributed by atoms with Crippen molar-refractivity contribution in [3.63, 3.8) is 0 Å². The van der Waals surface area contributed by atoms with Crippen LogP contribution >= 0.6 is 11.3 Å². The van der Waals surface area contributed by atoms with Gasteiger partial charge in [0.05, 0.1) is 11.5 Å². The van der Waals surface area contributed by atoms with Crippen LogP contribution in [0.1, 0.15) is 12.8 Å². The predicted octanol–water partition coefficient (Wildman–Crippen LogP) is 1.36. The van der Waals surface area contributed by atoms with Crippen LogP contribution in [0.25, 0.3) is 0 Å². The second-order valence-corrected chi connectivity index (χ2v) is 8.45. The highest BCUT2D eigenvalue weighted by Gasteiger charge is 2.27. The van der Waals surface area contributed by atoms with Crippen molar-refractivity contribution in [2.75, 3.05) is 61.0 Å². The molecule has 2 saturated heterocycles. The molecule has 2 amide bonds. The van der Waals surface area contributed by atoms with E-state index in [4.69, 9.17) is 0 Å². The van der Waals surface area contributed by atoms with Gasteiger partial charge in [-0.15, -0.1) is 10.2 Å². The van der Waals surface area contributed by atoms with Gasteiger partial charge in [0.25, 0.3) is 5.69 Å². The second-order valence-electron chi connectivity index (χ2n) is 7.51. The first-order valence-corrected chi connectivity index (χ1v) is 10.9. The first kappa shape index (κ1) is 21.0. The fraction of sp³-hybridized carbons (Fsp3) is 0.474. The van der Waals surface area contributed by atoms with E-state index >= 15 is 0 Å². The van der Waals surface area contributed by atoms with Crippen molar-refractivity contribution in [2.24, 2.45) is 0 Å². The molecule has 2 aliphatic rings. The lowest BCUT2D eigenvalue weighted by Crippen LogP contribution is -2.51. The maximum absolute atomic E-state index is 12.7. The lowest BCUT2D eigenvalue weighted by atomic mass is 10.2. The number of rotatable bonds is 6. The lowest BCUT2D eigenvalue weighted by molar-refractivity contribution is -0.384. The van der Waals surface area contributed by atoms with Crippen LogP contribution in [0, 0.1) is 10.1 Å². The summed E-state index contributed by atoms with van der Waals surface area (Å²) in [4.78, 5) is 42.3. The number of non-ortho nitro benzene ring substituents is 1. The number of likely N-dealkylation sites (N-methyl/N-ethyl adjacent to an activating group) is 1. The Labute approximate surface area is 183 Å². The highest BCUT2D eigenvalue weighted by molar-refractivity contribution is 7.19. The quantitative estimate of drug-likeness (QED) is 0.483. The molecule has 0 unspecified atom stereocenters. The molecule has 31 heavy (non-hydrogen) atoms. The minimum Gasteiger partial charge on any atom is -0.368 e. The van der Waals surface area contributed by atoms with E-state index in [9.17, 15) is 19.7 Å². The number of hydrogen-bond donors (Lipinski definition) is 0. The molecule has 1 aromatic carbocycles. The highest BCUT2D eigenvalue weighted by Crippen LogP contribution is 2.29. The maximum Gasteiger partial charge on any atom is 0.269 e. The van der Waals surface area contributed by atoms with Gasteiger partial charge in [0.15, 0.2) is 0 Å². The van der Waals surface area contributed by atoms with Gasteiger partial charge in [-0.2, -0.15) is 0 Å². The lowest BCUT2D eigenvalue weighted by Gasteiger charge is -2.36.